The molecule has 1 heterocycles. The average molecular weight is 810 g/mol. The Morgan fingerprint density at radius 3 is 2.02 bits per heavy atom. The number of nitrogens with two attached hydrogens (primary N) is 1. The van der Waals surface area contributed by atoms with E-state index in [9.17, 15) is 24.3 Å². The van der Waals surface area contributed by atoms with E-state index in [2.05, 4.69) is 36.6 Å². The Hall–Kier alpha value is -6.52. The van der Waals surface area contributed by atoms with Gasteiger partial charge in [-0.1, -0.05) is 72.8 Å². The summed E-state index contributed by atoms with van der Waals surface area (Å²) in [5.74, 6) is -1.40. The Labute approximate surface area is 345 Å². The number of nitrogens with zero attached hydrogens (tertiary/aromatic N) is 3. The molecule has 16 heteroatoms. The lowest BCUT2D eigenvalue weighted by Gasteiger charge is -2.23. The molecule has 0 aliphatic rings. The van der Waals surface area contributed by atoms with Crippen molar-refractivity contribution < 1.29 is 33.8 Å². The van der Waals surface area contributed by atoms with E-state index in [0.29, 0.717) is 45.8 Å². The third-order valence-electron chi connectivity index (χ3n) is 8.99. The SMILES string of the molecule is CN(CCC(=O)NCCOCCOCCNC(=O)NC(N)=NCCC[C@@H](NC(=O)C(c1ccccc1)c1ccccc1)C(=O)NCc1ccc(O)cc1)c1ccncc1. The van der Waals surface area contributed by atoms with E-state index >= 15 is 0 Å². The number of phenolic OH excluding ortho intramolecular Hbond substituents is 1. The summed E-state index contributed by atoms with van der Waals surface area (Å²) in [4.78, 5) is 61.9. The fraction of sp³-hybridized carbons (Fsp3) is 0.349. The number of aliphatic imine (C=N–C) groups is 1. The molecule has 3 aromatic carbocycles. The quantitative estimate of drug-likeness (QED) is 0.0312. The number of guanidine groups is 1. The highest BCUT2D eigenvalue weighted by Crippen LogP contribution is 2.25. The number of carbonyl (C=O) groups excluding carboxylic acids is 4. The lowest BCUT2D eigenvalue weighted by atomic mass is 9.90. The minimum Gasteiger partial charge on any atom is -0.508 e. The van der Waals surface area contributed by atoms with Crippen molar-refractivity contribution >= 4 is 35.4 Å². The molecule has 1 aromatic heterocycles. The standard InChI is InChI=1S/C43H55N9O7/c1-52(35-18-22-45-23-19-35)26-20-38(54)46-24-27-58-29-30-59-28-25-48-43(57)51-42(44)47-21-8-13-37(40(55)49-31-32-14-16-36(53)17-15-32)50-41(56)39(33-9-4-2-5-10-33)34-11-6-3-7-12-34/h2-7,9-12,14-19,22-23,37,39,53H,8,13,20-21,24-31H2,1H3,(H,46,54)(H,49,55)(H,50,56)(H4,44,47,48,51,57)/t37-/m1/s1. The van der Waals surface area contributed by atoms with Crippen molar-refractivity contribution in [3.8, 4) is 5.75 Å². The van der Waals surface area contributed by atoms with Crippen LogP contribution >= 0.6 is 0 Å². The highest BCUT2D eigenvalue weighted by Gasteiger charge is 2.27. The summed E-state index contributed by atoms with van der Waals surface area (Å²) in [6.45, 7) is 2.80. The van der Waals surface area contributed by atoms with E-state index in [4.69, 9.17) is 15.2 Å². The van der Waals surface area contributed by atoms with Crippen molar-refractivity contribution in [2.24, 2.45) is 10.7 Å². The van der Waals surface area contributed by atoms with Gasteiger partial charge in [-0.2, -0.15) is 0 Å². The van der Waals surface area contributed by atoms with Crippen molar-refractivity contribution in [1.82, 2.24) is 31.6 Å². The molecule has 0 aliphatic carbocycles. The monoisotopic (exact) mass is 809 g/mol. The fourth-order valence-corrected chi connectivity index (χ4v) is 5.84. The summed E-state index contributed by atoms with van der Waals surface area (Å²) in [5, 5.41) is 23.4. The summed E-state index contributed by atoms with van der Waals surface area (Å²) in [6, 6.07) is 27.5. The molecule has 0 unspecified atom stereocenters. The summed E-state index contributed by atoms with van der Waals surface area (Å²) in [7, 11) is 1.92. The zero-order valence-electron chi connectivity index (χ0n) is 33.3. The number of aromatic nitrogens is 1. The van der Waals surface area contributed by atoms with E-state index in [1.54, 1.807) is 24.5 Å². The minimum atomic E-state index is -0.894. The van der Waals surface area contributed by atoms with Gasteiger partial charge in [-0.05, 0) is 53.8 Å². The van der Waals surface area contributed by atoms with Gasteiger partial charge in [0.05, 0.1) is 32.3 Å². The number of carbonyl (C=O) groups is 4. The van der Waals surface area contributed by atoms with Crippen LogP contribution < -0.4 is 37.2 Å². The van der Waals surface area contributed by atoms with E-state index in [1.165, 1.54) is 12.1 Å². The third-order valence-corrected chi connectivity index (χ3v) is 8.99. The molecule has 0 bridgehead atoms. The van der Waals surface area contributed by atoms with E-state index in [-0.39, 0.29) is 62.1 Å². The van der Waals surface area contributed by atoms with Crippen molar-refractivity contribution in [1.29, 1.82) is 0 Å². The van der Waals surface area contributed by atoms with Crippen LogP contribution in [0.1, 0.15) is 41.9 Å². The van der Waals surface area contributed by atoms with Crippen molar-refractivity contribution in [3.05, 3.63) is 126 Å². The summed E-state index contributed by atoms with van der Waals surface area (Å²) in [6.07, 6.45) is 4.40. The molecule has 0 saturated heterocycles. The van der Waals surface area contributed by atoms with Crippen LogP contribution in [0, 0.1) is 0 Å². The summed E-state index contributed by atoms with van der Waals surface area (Å²) < 4.78 is 11.0. The fourth-order valence-electron chi connectivity index (χ4n) is 5.84. The average Bonchev–Trinajstić information content (AvgIpc) is 3.25. The highest BCUT2D eigenvalue weighted by molar-refractivity contribution is 5.95. The molecule has 59 heavy (non-hydrogen) atoms. The van der Waals surface area contributed by atoms with Gasteiger partial charge in [-0.3, -0.25) is 29.7 Å². The molecular weight excluding hydrogens is 755 g/mol. The van der Waals surface area contributed by atoms with Gasteiger partial charge >= 0.3 is 6.03 Å². The normalized spacial score (nSPS) is 11.7. The largest absolute Gasteiger partial charge is 0.508 e. The maximum absolute atomic E-state index is 13.9. The first-order valence-corrected chi connectivity index (χ1v) is 19.5. The number of nitrogens with one attached hydrogen (secondary N) is 5. The van der Waals surface area contributed by atoms with Gasteiger partial charge in [0.1, 0.15) is 11.8 Å². The molecular formula is C43H55N9O7. The first kappa shape index (κ1) is 45.2. The molecule has 0 saturated carbocycles. The smallest absolute Gasteiger partial charge is 0.321 e. The summed E-state index contributed by atoms with van der Waals surface area (Å²) >= 11 is 0. The molecule has 5 amide bonds. The second kappa shape index (κ2) is 25.7. The highest BCUT2D eigenvalue weighted by atomic mass is 16.5. The van der Waals surface area contributed by atoms with Gasteiger partial charge in [-0.15, -0.1) is 0 Å². The molecule has 16 nitrogen and oxygen atoms in total. The van der Waals surface area contributed by atoms with E-state index in [0.717, 1.165) is 22.4 Å². The topological polar surface area (TPSA) is 222 Å². The van der Waals surface area contributed by atoms with Gasteiger partial charge in [0.25, 0.3) is 0 Å². The zero-order valence-corrected chi connectivity index (χ0v) is 33.3. The molecule has 0 fully saturated rings. The number of aromatic hydroxyl groups is 1. The zero-order chi connectivity index (χ0) is 42.1. The van der Waals surface area contributed by atoms with E-state index in [1.807, 2.05) is 84.7 Å². The lowest BCUT2D eigenvalue weighted by Crippen LogP contribution is -2.48. The second-order valence-corrected chi connectivity index (χ2v) is 13.4. The number of pyridine rings is 1. The first-order valence-electron chi connectivity index (χ1n) is 19.5. The Morgan fingerprint density at radius 2 is 1.39 bits per heavy atom. The van der Waals surface area contributed by atoms with E-state index < -0.39 is 18.0 Å². The molecule has 0 aliphatic heterocycles. The van der Waals surface area contributed by atoms with Crippen molar-refractivity contribution in [2.45, 2.75) is 37.8 Å². The second-order valence-electron chi connectivity index (χ2n) is 13.4. The Balaban J connectivity index is 1.13. The van der Waals surface area contributed by atoms with Gasteiger partial charge < -0.3 is 46.5 Å². The van der Waals surface area contributed by atoms with Crippen LogP contribution in [-0.4, -0.2) is 105 Å². The van der Waals surface area contributed by atoms with Crippen LogP contribution in [0.2, 0.25) is 0 Å². The van der Waals surface area contributed by atoms with Crippen LogP contribution in [0.5, 0.6) is 5.75 Å². The Morgan fingerprint density at radius 1 is 0.780 bits per heavy atom. The lowest BCUT2D eigenvalue weighted by molar-refractivity contribution is -0.129. The van der Waals surface area contributed by atoms with Gasteiger partial charge in [0.15, 0.2) is 5.96 Å². The number of anilines is 1. The predicted octanol–water partition coefficient (Wildman–Crippen LogP) is 2.79. The number of ether oxygens (including phenoxy) is 2. The maximum atomic E-state index is 13.9. The Kier molecular flexibility index (Phi) is 19.7. The van der Waals surface area contributed by atoms with Gasteiger partial charge in [0, 0.05) is 64.3 Å². The van der Waals surface area contributed by atoms with Crippen LogP contribution in [-0.2, 0) is 30.4 Å². The molecule has 4 aromatic rings. The van der Waals surface area contributed by atoms with Crippen LogP contribution in [0.25, 0.3) is 0 Å². The number of benzene rings is 3. The summed E-state index contributed by atoms with van der Waals surface area (Å²) in [5.41, 5.74) is 9.28. The number of hydrogen-bond acceptors (Lipinski definition) is 10. The van der Waals surface area contributed by atoms with Gasteiger partial charge in [0.2, 0.25) is 17.7 Å². The number of hydrogen-bond donors (Lipinski definition) is 7. The Bertz CT molecular complexity index is 1850. The number of phenols is 1. The molecule has 1 atom stereocenters. The molecule has 314 valence electrons. The van der Waals surface area contributed by atoms with Crippen molar-refractivity contribution in [3.63, 3.8) is 0 Å². The predicted molar refractivity (Wildman–Crippen MR) is 226 cm³/mol. The minimum absolute atomic E-state index is 0.0599. The van der Waals surface area contributed by atoms with Gasteiger partial charge in [-0.25, -0.2) is 4.79 Å². The number of urea groups is 1. The van der Waals surface area contributed by atoms with Crippen molar-refractivity contribution in [2.75, 3.05) is 64.6 Å². The van der Waals surface area contributed by atoms with Crippen LogP contribution in [0.3, 0.4) is 0 Å². The first-order chi connectivity index (χ1) is 28.7. The van der Waals surface area contributed by atoms with Crippen LogP contribution in [0.4, 0.5) is 10.5 Å². The molecule has 0 radical (unpaired) electrons. The van der Waals surface area contributed by atoms with Crippen LogP contribution in [0.15, 0.2) is 114 Å². The number of rotatable bonds is 24. The maximum Gasteiger partial charge on any atom is 0.321 e. The number of amides is 5. The molecule has 8 N–H and O–H groups in total. The third kappa shape index (κ3) is 17.2. The molecule has 0 spiro atoms. The molecule has 4 rings (SSSR count).